The van der Waals surface area contributed by atoms with E-state index in [2.05, 4.69) is 22.5 Å². The van der Waals surface area contributed by atoms with E-state index in [0.29, 0.717) is 27.3 Å². The third-order valence-electron chi connectivity index (χ3n) is 5.13. The summed E-state index contributed by atoms with van der Waals surface area (Å²) in [6, 6.07) is 6.81. The van der Waals surface area contributed by atoms with Crippen molar-refractivity contribution in [1.82, 2.24) is 14.1 Å². The summed E-state index contributed by atoms with van der Waals surface area (Å²) in [6.07, 6.45) is 4.31. The maximum absolute atomic E-state index is 13.0. The molecule has 3 rings (SSSR count). The molecule has 2 heterocycles. The average molecular weight is 470 g/mol. The number of hydrogen-bond acceptors (Lipinski definition) is 6. The van der Waals surface area contributed by atoms with Crippen LogP contribution in [0.5, 0.6) is 0 Å². The maximum atomic E-state index is 13.0. The minimum Gasteiger partial charge on any atom is -0.326 e. The molecule has 0 aliphatic carbocycles. The van der Waals surface area contributed by atoms with E-state index >= 15 is 0 Å². The van der Waals surface area contributed by atoms with Crippen LogP contribution in [0.1, 0.15) is 32.3 Å². The van der Waals surface area contributed by atoms with Crippen molar-refractivity contribution in [3.8, 4) is 0 Å². The minimum absolute atomic E-state index is 0.0810. The highest BCUT2D eigenvalue weighted by Crippen LogP contribution is 2.29. The van der Waals surface area contributed by atoms with Crippen molar-refractivity contribution in [3.63, 3.8) is 0 Å². The molecule has 3 aromatic rings. The van der Waals surface area contributed by atoms with Gasteiger partial charge in [-0.1, -0.05) is 13.3 Å². The first-order chi connectivity index (χ1) is 15.7. The van der Waals surface area contributed by atoms with Gasteiger partial charge in [-0.25, -0.2) is 9.78 Å². The Bertz CT molecular complexity index is 1310. The van der Waals surface area contributed by atoms with Crippen LogP contribution in [0.15, 0.2) is 44.9 Å². The van der Waals surface area contributed by atoms with E-state index in [4.69, 9.17) is 0 Å². The van der Waals surface area contributed by atoms with Crippen LogP contribution in [0.2, 0.25) is 0 Å². The topological polar surface area (TPSA) is 115 Å². The fourth-order valence-electron chi connectivity index (χ4n) is 3.43. The van der Waals surface area contributed by atoms with Gasteiger partial charge in [-0.05, 0) is 42.7 Å². The number of carbonyl (C=O) groups excluding carboxylic acids is 2. The van der Waals surface area contributed by atoms with Crippen LogP contribution in [0.3, 0.4) is 0 Å². The Hall–Kier alpha value is -3.40. The first kappa shape index (κ1) is 24.2. The van der Waals surface area contributed by atoms with Gasteiger partial charge < -0.3 is 10.6 Å². The number of hydrogen-bond donors (Lipinski definition) is 2. The number of rotatable bonds is 8. The number of amides is 2. The third-order valence-corrected chi connectivity index (χ3v) is 6.29. The standard InChI is InChI=1S/C23H27N5O4S/c1-5-6-7-15-12-24-21-19(22(31)28(4)23(32)27(21)3)20(15)33-13-18(30)26-17-10-8-16(9-11-17)25-14(2)29/h8-12H,5-7,13H2,1-4H3,(H,25,29)(H,26,30). The fraction of sp³-hybridized carbons (Fsp3) is 0.348. The van der Waals surface area contributed by atoms with Gasteiger partial charge in [0.05, 0.1) is 11.1 Å². The second kappa shape index (κ2) is 10.5. The molecule has 2 aromatic heterocycles. The number of pyridine rings is 1. The Labute approximate surface area is 195 Å². The molecule has 9 nitrogen and oxygen atoms in total. The molecule has 0 spiro atoms. The Balaban J connectivity index is 1.87. The van der Waals surface area contributed by atoms with Gasteiger partial charge in [0, 0.05) is 43.5 Å². The summed E-state index contributed by atoms with van der Waals surface area (Å²) in [6.45, 7) is 3.50. The van der Waals surface area contributed by atoms with Crippen molar-refractivity contribution >= 4 is 46.0 Å². The van der Waals surface area contributed by atoms with E-state index in [9.17, 15) is 19.2 Å². The summed E-state index contributed by atoms with van der Waals surface area (Å²) in [4.78, 5) is 54.1. The molecule has 0 unspecified atom stereocenters. The smallest absolute Gasteiger partial charge is 0.326 e. The molecule has 0 saturated heterocycles. The van der Waals surface area contributed by atoms with Crippen LogP contribution in [0.4, 0.5) is 11.4 Å². The summed E-state index contributed by atoms with van der Waals surface area (Å²) < 4.78 is 2.41. The number of fused-ring (bicyclic) bond motifs is 1. The third kappa shape index (κ3) is 5.51. The molecule has 0 atom stereocenters. The quantitative estimate of drug-likeness (QED) is 0.490. The molecule has 2 amide bonds. The number of nitrogens with one attached hydrogen (secondary N) is 2. The molecule has 10 heteroatoms. The van der Waals surface area contributed by atoms with Crippen molar-refractivity contribution in [1.29, 1.82) is 0 Å². The molecular weight excluding hydrogens is 442 g/mol. The monoisotopic (exact) mass is 469 g/mol. The number of thioether (sulfide) groups is 1. The number of aryl methyl sites for hydroxylation is 2. The molecule has 1 aromatic carbocycles. The Morgan fingerprint density at radius 3 is 2.27 bits per heavy atom. The van der Waals surface area contributed by atoms with Gasteiger partial charge in [0.1, 0.15) is 5.65 Å². The lowest BCUT2D eigenvalue weighted by atomic mass is 10.1. The molecular formula is C23H27N5O4S. The predicted octanol–water partition coefficient (Wildman–Crippen LogP) is 2.66. The summed E-state index contributed by atoms with van der Waals surface area (Å²) in [7, 11) is 3.02. The molecule has 33 heavy (non-hydrogen) atoms. The Morgan fingerprint density at radius 1 is 1.03 bits per heavy atom. The molecule has 0 aliphatic rings. The van der Waals surface area contributed by atoms with Gasteiger partial charge in [0.25, 0.3) is 5.56 Å². The summed E-state index contributed by atoms with van der Waals surface area (Å²) in [5.74, 6) is -0.326. The van der Waals surface area contributed by atoms with Crippen molar-refractivity contribution in [2.75, 3.05) is 16.4 Å². The largest absolute Gasteiger partial charge is 0.332 e. The fourth-order valence-corrected chi connectivity index (χ4v) is 4.44. The number of aromatic nitrogens is 3. The average Bonchev–Trinajstić information content (AvgIpc) is 2.79. The molecule has 0 bridgehead atoms. The lowest BCUT2D eigenvalue weighted by Crippen LogP contribution is -2.37. The van der Waals surface area contributed by atoms with Gasteiger partial charge in [-0.15, -0.1) is 11.8 Å². The highest BCUT2D eigenvalue weighted by molar-refractivity contribution is 8.00. The number of unbranched alkanes of at least 4 members (excludes halogenated alkanes) is 1. The van der Waals surface area contributed by atoms with Crippen LogP contribution in [-0.2, 0) is 30.1 Å². The molecule has 0 saturated carbocycles. The second-order valence-electron chi connectivity index (χ2n) is 7.72. The van der Waals surface area contributed by atoms with Crippen molar-refractivity contribution in [2.24, 2.45) is 14.1 Å². The van der Waals surface area contributed by atoms with Crippen LogP contribution >= 0.6 is 11.8 Å². The van der Waals surface area contributed by atoms with Crippen LogP contribution in [-0.4, -0.2) is 31.7 Å². The number of benzene rings is 1. The van der Waals surface area contributed by atoms with Crippen LogP contribution in [0, 0.1) is 0 Å². The van der Waals surface area contributed by atoms with E-state index in [1.165, 1.54) is 30.3 Å². The normalized spacial score (nSPS) is 10.9. The zero-order valence-electron chi connectivity index (χ0n) is 19.1. The van der Waals surface area contributed by atoms with Gasteiger partial charge in [0.15, 0.2) is 0 Å². The van der Waals surface area contributed by atoms with Crippen molar-refractivity contribution in [3.05, 3.63) is 56.9 Å². The van der Waals surface area contributed by atoms with E-state index in [1.54, 1.807) is 37.5 Å². The number of anilines is 2. The molecule has 174 valence electrons. The zero-order valence-corrected chi connectivity index (χ0v) is 19.9. The maximum Gasteiger partial charge on any atom is 0.332 e. The van der Waals surface area contributed by atoms with Crippen molar-refractivity contribution in [2.45, 2.75) is 38.0 Å². The minimum atomic E-state index is -0.447. The number of nitrogens with zero attached hydrogens (tertiary/aromatic N) is 3. The number of carbonyl (C=O) groups is 2. The Morgan fingerprint density at radius 2 is 1.67 bits per heavy atom. The van der Waals surface area contributed by atoms with Gasteiger partial charge in [0.2, 0.25) is 11.8 Å². The summed E-state index contributed by atoms with van der Waals surface area (Å²) in [5.41, 5.74) is 1.56. The SMILES string of the molecule is CCCCc1cnc2c(c1SCC(=O)Nc1ccc(NC(C)=O)cc1)c(=O)n(C)c(=O)n2C. The van der Waals surface area contributed by atoms with Gasteiger partial charge in [-0.2, -0.15) is 0 Å². The predicted molar refractivity (Wildman–Crippen MR) is 131 cm³/mol. The van der Waals surface area contributed by atoms with E-state index < -0.39 is 11.2 Å². The first-order valence-corrected chi connectivity index (χ1v) is 11.6. The molecule has 0 fully saturated rings. The summed E-state index contributed by atoms with van der Waals surface area (Å²) in [5, 5.41) is 5.85. The van der Waals surface area contributed by atoms with E-state index in [1.807, 2.05) is 0 Å². The molecule has 2 N–H and O–H groups in total. The molecule has 0 aliphatic heterocycles. The lowest BCUT2D eigenvalue weighted by Gasteiger charge is -2.14. The highest BCUT2D eigenvalue weighted by Gasteiger charge is 2.18. The molecule has 0 radical (unpaired) electrons. The van der Waals surface area contributed by atoms with Gasteiger partial charge in [-0.3, -0.25) is 23.5 Å². The Kier molecular flexibility index (Phi) is 7.70. The second-order valence-corrected chi connectivity index (χ2v) is 8.70. The first-order valence-electron chi connectivity index (χ1n) is 10.6. The van der Waals surface area contributed by atoms with Gasteiger partial charge >= 0.3 is 5.69 Å². The highest BCUT2D eigenvalue weighted by atomic mass is 32.2. The van der Waals surface area contributed by atoms with E-state index in [-0.39, 0.29) is 17.6 Å². The van der Waals surface area contributed by atoms with Crippen LogP contribution < -0.4 is 21.9 Å². The van der Waals surface area contributed by atoms with Crippen molar-refractivity contribution < 1.29 is 9.59 Å². The van der Waals surface area contributed by atoms with E-state index in [0.717, 1.165) is 29.4 Å². The van der Waals surface area contributed by atoms with Crippen LogP contribution in [0.25, 0.3) is 11.0 Å². The summed E-state index contributed by atoms with van der Waals surface area (Å²) >= 11 is 1.27. The zero-order chi connectivity index (χ0) is 24.1. The lowest BCUT2D eigenvalue weighted by molar-refractivity contribution is -0.114.